The van der Waals surface area contributed by atoms with Crippen LogP contribution in [0.5, 0.6) is 0 Å². The van der Waals surface area contributed by atoms with Gasteiger partial charge in [0.1, 0.15) is 18.0 Å². The highest BCUT2D eigenvalue weighted by atomic mass is 16.5. The number of anilines is 2. The van der Waals surface area contributed by atoms with E-state index in [0.717, 1.165) is 57.0 Å². The standard InChI is InChI=1S/C18H29N5O3/c1-2-26-18(25)21-15-6-4-8-23(11-15)17-9-16(19-13-20-17)22-7-3-5-14(10-22)12-24/h9,13-15,24H,2-8,10-12H2,1H3,(H,21,25)/t14-,15+/m1/s1. The average Bonchev–Trinajstić information content (AvgIpc) is 2.68. The molecule has 3 rings (SSSR count). The molecule has 0 unspecified atom stereocenters. The second-order valence-electron chi connectivity index (χ2n) is 7.02. The van der Waals surface area contributed by atoms with Crippen LogP contribution < -0.4 is 15.1 Å². The Balaban J connectivity index is 1.64. The summed E-state index contributed by atoms with van der Waals surface area (Å²) in [6, 6.07) is 2.09. The van der Waals surface area contributed by atoms with Gasteiger partial charge in [0.2, 0.25) is 0 Å². The van der Waals surface area contributed by atoms with Crippen LogP contribution in [0.2, 0.25) is 0 Å². The van der Waals surface area contributed by atoms with E-state index in [4.69, 9.17) is 4.74 Å². The van der Waals surface area contributed by atoms with Crippen molar-refractivity contribution in [3.8, 4) is 0 Å². The number of amides is 1. The summed E-state index contributed by atoms with van der Waals surface area (Å²) < 4.78 is 4.98. The lowest BCUT2D eigenvalue weighted by Crippen LogP contribution is -2.48. The number of rotatable bonds is 5. The van der Waals surface area contributed by atoms with Gasteiger partial charge in [-0.05, 0) is 38.5 Å². The van der Waals surface area contributed by atoms with E-state index >= 15 is 0 Å². The fourth-order valence-electron chi connectivity index (χ4n) is 3.75. The van der Waals surface area contributed by atoms with E-state index in [-0.39, 0.29) is 18.7 Å². The third kappa shape index (κ3) is 4.75. The summed E-state index contributed by atoms with van der Waals surface area (Å²) >= 11 is 0. The molecule has 1 amide bonds. The number of hydrogen-bond acceptors (Lipinski definition) is 7. The highest BCUT2D eigenvalue weighted by molar-refractivity contribution is 5.67. The van der Waals surface area contributed by atoms with E-state index in [1.54, 1.807) is 13.3 Å². The highest BCUT2D eigenvalue weighted by Crippen LogP contribution is 2.25. The molecule has 8 heteroatoms. The molecule has 1 aromatic rings. The lowest BCUT2D eigenvalue weighted by Gasteiger charge is -2.35. The topological polar surface area (TPSA) is 90.8 Å². The quantitative estimate of drug-likeness (QED) is 0.817. The number of ether oxygens (including phenoxy) is 1. The predicted octanol–water partition coefficient (Wildman–Crippen LogP) is 1.40. The van der Waals surface area contributed by atoms with Gasteiger partial charge in [-0.2, -0.15) is 0 Å². The first kappa shape index (κ1) is 18.7. The maximum absolute atomic E-state index is 11.7. The fraction of sp³-hybridized carbons (Fsp3) is 0.722. The van der Waals surface area contributed by atoms with E-state index in [0.29, 0.717) is 19.1 Å². The molecule has 2 aliphatic rings. The average molecular weight is 363 g/mol. The molecule has 2 aliphatic heterocycles. The third-order valence-corrected chi connectivity index (χ3v) is 5.08. The number of piperidine rings is 2. The van der Waals surface area contributed by atoms with Crippen molar-refractivity contribution in [3.63, 3.8) is 0 Å². The molecule has 0 aromatic carbocycles. The zero-order valence-corrected chi connectivity index (χ0v) is 15.4. The van der Waals surface area contributed by atoms with Crippen LogP contribution in [0, 0.1) is 5.92 Å². The molecule has 2 fully saturated rings. The van der Waals surface area contributed by atoms with Gasteiger partial charge >= 0.3 is 6.09 Å². The Kier molecular flexibility index (Phi) is 6.49. The van der Waals surface area contributed by atoms with Crippen molar-refractivity contribution in [3.05, 3.63) is 12.4 Å². The first-order valence-corrected chi connectivity index (χ1v) is 9.55. The largest absolute Gasteiger partial charge is 0.450 e. The summed E-state index contributed by atoms with van der Waals surface area (Å²) in [4.78, 5) is 25.0. The van der Waals surface area contributed by atoms with Crippen LogP contribution in [-0.2, 0) is 4.74 Å². The van der Waals surface area contributed by atoms with Crippen LogP contribution >= 0.6 is 0 Å². The summed E-state index contributed by atoms with van der Waals surface area (Å²) in [5, 5.41) is 12.4. The zero-order valence-electron chi connectivity index (χ0n) is 15.4. The molecule has 0 aliphatic carbocycles. The van der Waals surface area contributed by atoms with Gasteiger partial charge in [0.15, 0.2) is 0 Å². The number of carbonyl (C=O) groups excluding carboxylic acids is 1. The Hall–Kier alpha value is -2.09. The molecular formula is C18H29N5O3. The Morgan fingerprint density at radius 3 is 2.62 bits per heavy atom. The molecule has 0 bridgehead atoms. The Bertz CT molecular complexity index is 600. The van der Waals surface area contributed by atoms with E-state index in [2.05, 4.69) is 25.1 Å². The second-order valence-corrected chi connectivity index (χ2v) is 7.02. The van der Waals surface area contributed by atoms with Crippen molar-refractivity contribution < 1.29 is 14.6 Å². The molecule has 1 aromatic heterocycles. The predicted molar refractivity (Wildman–Crippen MR) is 99.4 cm³/mol. The van der Waals surface area contributed by atoms with Gasteiger partial charge in [-0.3, -0.25) is 0 Å². The number of aliphatic hydroxyl groups excluding tert-OH is 1. The number of carbonyl (C=O) groups is 1. The fourth-order valence-corrected chi connectivity index (χ4v) is 3.75. The van der Waals surface area contributed by atoms with Crippen LogP contribution in [0.1, 0.15) is 32.6 Å². The molecular weight excluding hydrogens is 334 g/mol. The smallest absolute Gasteiger partial charge is 0.407 e. The normalized spacial score (nSPS) is 23.6. The number of hydrogen-bond donors (Lipinski definition) is 2. The zero-order chi connectivity index (χ0) is 18.4. The molecule has 2 saturated heterocycles. The van der Waals surface area contributed by atoms with Gasteiger partial charge in [0.25, 0.3) is 0 Å². The van der Waals surface area contributed by atoms with Crippen LogP contribution in [-0.4, -0.2) is 66.6 Å². The minimum absolute atomic E-state index is 0.0648. The van der Waals surface area contributed by atoms with Crippen molar-refractivity contribution in [1.82, 2.24) is 15.3 Å². The Morgan fingerprint density at radius 2 is 1.92 bits per heavy atom. The molecule has 3 heterocycles. The SMILES string of the molecule is CCOC(=O)N[C@H]1CCCN(c2cc(N3CCC[C@@H](CO)C3)ncn2)C1. The van der Waals surface area contributed by atoms with Crippen LogP contribution in [0.15, 0.2) is 12.4 Å². The molecule has 0 spiro atoms. The van der Waals surface area contributed by atoms with Crippen molar-refractivity contribution in [2.75, 3.05) is 49.2 Å². The van der Waals surface area contributed by atoms with Crippen molar-refractivity contribution >= 4 is 17.7 Å². The van der Waals surface area contributed by atoms with Gasteiger partial charge in [-0.1, -0.05) is 0 Å². The van der Waals surface area contributed by atoms with Crippen LogP contribution in [0.25, 0.3) is 0 Å². The van der Waals surface area contributed by atoms with E-state index in [1.807, 2.05) is 6.07 Å². The number of alkyl carbamates (subject to hydrolysis) is 1. The summed E-state index contributed by atoms with van der Waals surface area (Å²) in [6.07, 6.45) is 5.32. The lowest BCUT2D eigenvalue weighted by atomic mass is 9.99. The van der Waals surface area contributed by atoms with E-state index in [9.17, 15) is 9.90 Å². The van der Waals surface area contributed by atoms with Crippen LogP contribution in [0.3, 0.4) is 0 Å². The van der Waals surface area contributed by atoms with Gasteiger partial charge in [-0.15, -0.1) is 0 Å². The molecule has 26 heavy (non-hydrogen) atoms. The summed E-state index contributed by atoms with van der Waals surface area (Å²) in [5.41, 5.74) is 0. The summed E-state index contributed by atoms with van der Waals surface area (Å²) in [6.45, 7) is 5.83. The second kappa shape index (κ2) is 9.02. The maximum Gasteiger partial charge on any atom is 0.407 e. The van der Waals surface area contributed by atoms with E-state index < -0.39 is 0 Å². The number of aliphatic hydroxyl groups is 1. The lowest BCUT2D eigenvalue weighted by molar-refractivity contribution is 0.146. The van der Waals surface area contributed by atoms with Crippen molar-refractivity contribution in [2.24, 2.45) is 5.92 Å². The summed E-state index contributed by atoms with van der Waals surface area (Å²) in [7, 11) is 0. The molecule has 2 N–H and O–H groups in total. The minimum atomic E-state index is -0.355. The molecule has 144 valence electrons. The van der Waals surface area contributed by atoms with Gasteiger partial charge in [-0.25, -0.2) is 14.8 Å². The third-order valence-electron chi connectivity index (χ3n) is 5.08. The van der Waals surface area contributed by atoms with Gasteiger partial charge in [0.05, 0.1) is 6.61 Å². The first-order valence-electron chi connectivity index (χ1n) is 9.55. The van der Waals surface area contributed by atoms with Crippen molar-refractivity contribution in [1.29, 1.82) is 0 Å². The highest BCUT2D eigenvalue weighted by Gasteiger charge is 2.25. The summed E-state index contributed by atoms with van der Waals surface area (Å²) in [5.74, 6) is 2.11. The molecule has 2 atom stereocenters. The monoisotopic (exact) mass is 363 g/mol. The first-order chi connectivity index (χ1) is 12.7. The minimum Gasteiger partial charge on any atom is -0.450 e. The Morgan fingerprint density at radius 1 is 1.23 bits per heavy atom. The number of nitrogens with zero attached hydrogens (tertiary/aromatic N) is 4. The Labute approximate surface area is 154 Å². The molecule has 0 saturated carbocycles. The van der Waals surface area contributed by atoms with Gasteiger partial charge < -0.3 is 25.0 Å². The molecule has 0 radical (unpaired) electrons. The van der Waals surface area contributed by atoms with Gasteiger partial charge in [0, 0.05) is 44.9 Å². The van der Waals surface area contributed by atoms with E-state index in [1.165, 1.54) is 0 Å². The maximum atomic E-state index is 11.7. The van der Waals surface area contributed by atoms with Crippen LogP contribution in [0.4, 0.5) is 16.4 Å². The van der Waals surface area contributed by atoms with Crippen molar-refractivity contribution in [2.45, 2.75) is 38.6 Å². The number of nitrogens with one attached hydrogen (secondary N) is 1. The molecule has 8 nitrogen and oxygen atoms in total. The number of aromatic nitrogens is 2.